The van der Waals surface area contributed by atoms with Crippen molar-refractivity contribution in [3.63, 3.8) is 0 Å². The number of hydrogen-bond donors (Lipinski definition) is 0. The van der Waals surface area contributed by atoms with Crippen molar-refractivity contribution in [3.8, 4) is 0 Å². The Bertz CT molecular complexity index is 489. The predicted molar refractivity (Wildman–Crippen MR) is 68.0 cm³/mol. The second-order valence-electron chi connectivity index (χ2n) is 4.11. The Labute approximate surface area is 106 Å². The van der Waals surface area contributed by atoms with Crippen LogP contribution in [0.5, 0.6) is 0 Å². The van der Waals surface area contributed by atoms with Crippen LogP contribution in [0.4, 0.5) is 0 Å². The number of rotatable bonds is 6. The lowest BCUT2D eigenvalue weighted by Gasteiger charge is -2.02. The maximum absolute atomic E-state index is 11.4. The number of unbranched alkanes of at least 4 members (excludes halogenated alkanes) is 1. The standard InChI is InChI=1S/C13H17N3O2/c1-2-3-10-18-13(17)8-9-16-14-11-6-4-5-7-12(11)15-16/h4-7H,2-3,8-10H2,1H3. The molecule has 1 heterocycles. The number of fused-ring (bicyclic) bond motifs is 1. The van der Waals surface area contributed by atoms with Crippen LogP contribution in [0.3, 0.4) is 0 Å². The summed E-state index contributed by atoms with van der Waals surface area (Å²) in [4.78, 5) is 13.0. The average Bonchev–Trinajstić information content (AvgIpc) is 2.79. The van der Waals surface area contributed by atoms with Crippen molar-refractivity contribution in [2.45, 2.75) is 32.7 Å². The Morgan fingerprint density at radius 1 is 1.28 bits per heavy atom. The van der Waals surface area contributed by atoms with Crippen LogP contribution in [0.15, 0.2) is 24.3 Å². The third-order valence-electron chi connectivity index (χ3n) is 2.60. The Balaban J connectivity index is 1.84. The van der Waals surface area contributed by atoms with E-state index in [9.17, 15) is 4.79 Å². The molecule has 0 atom stereocenters. The van der Waals surface area contributed by atoms with Gasteiger partial charge in [0, 0.05) is 0 Å². The Kier molecular flexibility index (Phi) is 4.28. The van der Waals surface area contributed by atoms with Gasteiger partial charge in [0.05, 0.1) is 19.6 Å². The molecule has 1 aromatic heterocycles. The van der Waals surface area contributed by atoms with Crippen molar-refractivity contribution in [1.82, 2.24) is 15.0 Å². The van der Waals surface area contributed by atoms with Crippen molar-refractivity contribution in [2.75, 3.05) is 6.61 Å². The van der Waals surface area contributed by atoms with Crippen LogP contribution >= 0.6 is 0 Å². The summed E-state index contributed by atoms with van der Waals surface area (Å²) in [5, 5.41) is 8.56. The number of aromatic nitrogens is 3. The molecule has 5 nitrogen and oxygen atoms in total. The van der Waals surface area contributed by atoms with E-state index in [-0.39, 0.29) is 5.97 Å². The first-order valence-electron chi connectivity index (χ1n) is 6.25. The van der Waals surface area contributed by atoms with E-state index >= 15 is 0 Å². The highest BCUT2D eigenvalue weighted by Crippen LogP contribution is 2.07. The molecular formula is C13H17N3O2. The summed E-state index contributed by atoms with van der Waals surface area (Å²) in [6.07, 6.45) is 2.25. The Morgan fingerprint density at radius 3 is 2.56 bits per heavy atom. The van der Waals surface area contributed by atoms with Crippen LogP contribution in [0.1, 0.15) is 26.2 Å². The van der Waals surface area contributed by atoms with Crippen LogP contribution in [-0.2, 0) is 16.1 Å². The first-order valence-corrected chi connectivity index (χ1v) is 6.25. The minimum Gasteiger partial charge on any atom is -0.466 e. The van der Waals surface area contributed by atoms with Gasteiger partial charge in [-0.15, -0.1) is 0 Å². The highest BCUT2D eigenvalue weighted by atomic mass is 16.5. The van der Waals surface area contributed by atoms with Crippen molar-refractivity contribution in [2.24, 2.45) is 0 Å². The minimum absolute atomic E-state index is 0.190. The van der Waals surface area contributed by atoms with Gasteiger partial charge >= 0.3 is 5.97 Å². The highest BCUT2D eigenvalue weighted by molar-refractivity contribution is 5.73. The number of benzene rings is 1. The minimum atomic E-state index is -0.190. The molecule has 0 saturated carbocycles. The first-order chi connectivity index (χ1) is 8.79. The van der Waals surface area contributed by atoms with Gasteiger partial charge < -0.3 is 4.74 Å². The van der Waals surface area contributed by atoms with Crippen LogP contribution in [-0.4, -0.2) is 27.6 Å². The van der Waals surface area contributed by atoms with Crippen LogP contribution in [0.25, 0.3) is 11.0 Å². The molecular weight excluding hydrogens is 230 g/mol. The monoisotopic (exact) mass is 247 g/mol. The number of hydrogen-bond acceptors (Lipinski definition) is 4. The molecule has 96 valence electrons. The molecule has 0 unspecified atom stereocenters. The Morgan fingerprint density at radius 2 is 1.94 bits per heavy atom. The van der Waals surface area contributed by atoms with Crippen LogP contribution < -0.4 is 0 Å². The summed E-state index contributed by atoms with van der Waals surface area (Å²) in [7, 11) is 0. The molecule has 0 radical (unpaired) electrons. The van der Waals surface area contributed by atoms with Crippen molar-refractivity contribution in [3.05, 3.63) is 24.3 Å². The van der Waals surface area contributed by atoms with E-state index in [1.807, 2.05) is 24.3 Å². The van der Waals surface area contributed by atoms with Crippen LogP contribution in [0.2, 0.25) is 0 Å². The van der Waals surface area contributed by atoms with E-state index in [0.717, 1.165) is 23.9 Å². The fourth-order valence-corrected chi connectivity index (χ4v) is 1.60. The summed E-state index contributed by atoms with van der Waals surface area (Å²) in [5.41, 5.74) is 1.69. The van der Waals surface area contributed by atoms with Gasteiger partial charge in [-0.2, -0.15) is 15.0 Å². The summed E-state index contributed by atoms with van der Waals surface area (Å²) in [6.45, 7) is 3.02. The van der Waals surface area contributed by atoms with Crippen molar-refractivity contribution >= 4 is 17.0 Å². The van der Waals surface area contributed by atoms with Gasteiger partial charge in [-0.25, -0.2) is 0 Å². The van der Waals surface area contributed by atoms with E-state index in [0.29, 0.717) is 19.6 Å². The van der Waals surface area contributed by atoms with Gasteiger partial charge in [0.25, 0.3) is 0 Å². The molecule has 5 heteroatoms. The number of carbonyl (C=O) groups is 1. The maximum atomic E-state index is 11.4. The molecule has 0 N–H and O–H groups in total. The Hall–Kier alpha value is -1.91. The number of carbonyl (C=O) groups excluding carboxylic acids is 1. The number of ether oxygens (including phenoxy) is 1. The number of esters is 1. The van der Waals surface area contributed by atoms with E-state index < -0.39 is 0 Å². The van der Waals surface area contributed by atoms with Gasteiger partial charge in [-0.05, 0) is 18.6 Å². The molecule has 0 bridgehead atoms. The molecule has 0 saturated heterocycles. The van der Waals surface area contributed by atoms with Crippen LogP contribution in [0, 0.1) is 0 Å². The van der Waals surface area contributed by atoms with Gasteiger partial charge in [0.15, 0.2) is 0 Å². The molecule has 0 amide bonds. The smallest absolute Gasteiger partial charge is 0.307 e. The largest absolute Gasteiger partial charge is 0.466 e. The van der Waals surface area contributed by atoms with Crippen molar-refractivity contribution < 1.29 is 9.53 Å². The fraction of sp³-hybridized carbons (Fsp3) is 0.462. The van der Waals surface area contributed by atoms with E-state index in [1.165, 1.54) is 0 Å². The normalized spacial score (nSPS) is 10.7. The van der Waals surface area contributed by atoms with E-state index in [1.54, 1.807) is 4.80 Å². The molecule has 0 aliphatic rings. The molecule has 0 spiro atoms. The summed E-state index contributed by atoms with van der Waals surface area (Å²) < 4.78 is 5.07. The SMILES string of the molecule is CCCCOC(=O)CCn1nc2ccccc2n1. The van der Waals surface area contributed by atoms with E-state index in [2.05, 4.69) is 17.1 Å². The molecule has 2 aromatic rings. The third-order valence-corrected chi connectivity index (χ3v) is 2.60. The maximum Gasteiger partial charge on any atom is 0.307 e. The van der Waals surface area contributed by atoms with Gasteiger partial charge in [0.2, 0.25) is 0 Å². The molecule has 0 aliphatic heterocycles. The van der Waals surface area contributed by atoms with Gasteiger partial charge in [0.1, 0.15) is 11.0 Å². The highest BCUT2D eigenvalue weighted by Gasteiger charge is 2.06. The average molecular weight is 247 g/mol. The molecule has 1 aromatic carbocycles. The van der Waals surface area contributed by atoms with Gasteiger partial charge in [-0.3, -0.25) is 4.79 Å². The lowest BCUT2D eigenvalue weighted by molar-refractivity contribution is -0.144. The predicted octanol–water partition coefficient (Wildman–Crippen LogP) is 2.16. The second-order valence-corrected chi connectivity index (χ2v) is 4.11. The number of aryl methyl sites for hydroxylation is 1. The third kappa shape index (κ3) is 3.29. The fourth-order valence-electron chi connectivity index (χ4n) is 1.60. The second kappa shape index (κ2) is 6.14. The molecule has 18 heavy (non-hydrogen) atoms. The zero-order chi connectivity index (χ0) is 12.8. The molecule has 0 fully saturated rings. The first kappa shape index (κ1) is 12.5. The van der Waals surface area contributed by atoms with Crippen molar-refractivity contribution in [1.29, 1.82) is 0 Å². The summed E-state index contributed by atoms with van der Waals surface area (Å²) in [5.74, 6) is -0.190. The lowest BCUT2D eigenvalue weighted by atomic mass is 10.3. The van der Waals surface area contributed by atoms with E-state index in [4.69, 9.17) is 4.74 Å². The molecule has 2 rings (SSSR count). The zero-order valence-corrected chi connectivity index (χ0v) is 10.5. The number of nitrogens with zero attached hydrogens (tertiary/aromatic N) is 3. The summed E-state index contributed by atoms with van der Waals surface area (Å²) in [6, 6.07) is 7.64. The lowest BCUT2D eigenvalue weighted by Crippen LogP contribution is -2.11. The quantitative estimate of drug-likeness (QED) is 0.580. The topological polar surface area (TPSA) is 57.0 Å². The van der Waals surface area contributed by atoms with Gasteiger partial charge in [-0.1, -0.05) is 25.5 Å². The molecule has 0 aliphatic carbocycles. The zero-order valence-electron chi connectivity index (χ0n) is 10.5. The summed E-state index contributed by atoms with van der Waals surface area (Å²) >= 11 is 0.